The molecule has 3 rings (SSSR count). The molecule has 0 atom stereocenters. The highest BCUT2D eigenvalue weighted by Crippen LogP contribution is 2.12. The molecule has 6 heteroatoms. The summed E-state index contributed by atoms with van der Waals surface area (Å²) in [6.45, 7) is 2.50. The fourth-order valence-electron chi connectivity index (χ4n) is 2.43. The van der Waals surface area contributed by atoms with Gasteiger partial charge in [0.05, 0.1) is 10.7 Å². The van der Waals surface area contributed by atoms with Crippen molar-refractivity contribution in [3.8, 4) is 0 Å². The van der Waals surface area contributed by atoms with Crippen LogP contribution in [-0.2, 0) is 6.42 Å². The van der Waals surface area contributed by atoms with Crippen molar-refractivity contribution in [2.24, 2.45) is 0 Å². The molecule has 0 saturated heterocycles. The number of benzene rings is 2. The molecule has 0 spiro atoms. The standard InChI is InChI=1S/C20H19N3O2S/c1-14-22-18(13-26-14)11-12-21-19(24)16-7-9-17(10-8-16)23-20(25)15-5-3-2-4-6-15/h2-10,13H,11-12H2,1H3,(H,21,24)(H,23,25). The zero-order chi connectivity index (χ0) is 18.4. The van der Waals surface area contributed by atoms with Crippen molar-refractivity contribution in [3.05, 3.63) is 81.8 Å². The van der Waals surface area contributed by atoms with E-state index in [-0.39, 0.29) is 11.8 Å². The number of anilines is 1. The van der Waals surface area contributed by atoms with E-state index in [0.29, 0.717) is 29.8 Å². The maximum absolute atomic E-state index is 12.2. The first-order valence-electron chi connectivity index (χ1n) is 8.27. The molecule has 0 fully saturated rings. The van der Waals surface area contributed by atoms with E-state index >= 15 is 0 Å². The Hall–Kier alpha value is -2.99. The first kappa shape index (κ1) is 17.8. The molecule has 1 heterocycles. The average Bonchev–Trinajstić information content (AvgIpc) is 3.08. The third kappa shape index (κ3) is 4.77. The van der Waals surface area contributed by atoms with Crippen LogP contribution in [0.5, 0.6) is 0 Å². The van der Waals surface area contributed by atoms with Gasteiger partial charge in [0, 0.05) is 35.2 Å². The lowest BCUT2D eigenvalue weighted by Gasteiger charge is -2.07. The van der Waals surface area contributed by atoms with Gasteiger partial charge in [0.2, 0.25) is 0 Å². The molecule has 3 aromatic rings. The molecule has 5 nitrogen and oxygen atoms in total. The van der Waals surface area contributed by atoms with E-state index in [0.717, 1.165) is 10.7 Å². The molecule has 1 aromatic heterocycles. The van der Waals surface area contributed by atoms with E-state index in [2.05, 4.69) is 15.6 Å². The van der Waals surface area contributed by atoms with Crippen LogP contribution in [0.1, 0.15) is 31.4 Å². The molecular weight excluding hydrogens is 346 g/mol. The molecule has 0 aliphatic rings. The Labute approximate surface area is 156 Å². The fourth-order valence-corrected chi connectivity index (χ4v) is 3.07. The number of nitrogens with one attached hydrogen (secondary N) is 2. The van der Waals surface area contributed by atoms with Crippen molar-refractivity contribution in [3.63, 3.8) is 0 Å². The van der Waals surface area contributed by atoms with Gasteiger partial charge in [-0.25, -0.2) is 4.98 Å². The number of nitrogens with zero attached hydrogens (tertiary/aromatic N) is 1. The number of hydrogen-bond acceptors (Lipinski definition) is 4. The minimum absolute atomic E-state index is 0.141. The van der Waals surface area contributed by atoms with E-state index in [4.69, 9.17) is 0 Å². The Balaban J connectivity index is 1.51. The molecule has 0 aliphatic heterocycles. The van der Waals surface area contributed by atoms with Gasteiger partial charge < -0.3 is 10.6 Å². The summed E-state index contributed by atoms with van der Waals surface area (Å²) >= 11 is 1.61. The van der Waals surface area contributed by atoms with Crippen LogP contribution < -0.4 is 10.6 Å². The summed E-state index contributed by atoms with van der Waals surface area (Å²) in [5.74, 6) is -0.320. The third-order valence-corrected chi connectivity index (χ3v) is 4.60. The number of thiazole rings is 1. The third-order valence-electron chi connectivity index (χ3n) is 3.77. The fraction of sp³-hybridized carbons (Fsp3) is 0.150. The number of aryl methyl sites for hydroxylation is 1. The van der Waals surface area contributed by atoms with Crippen LogP contribution in [0.2, 0.25) is 0 Å². The summed E-state index contributed by atoms with van der Waals surface area (Å²) < 4.78 is 0. The smallest absolute Gasteiger partial charge is 0.255 e. The SMILES string of the molecule is Cc1nc(CCNC(=O)c2ccc(NC(=O)c3ccccc3)cc2)cs1. The van der Waals surface area contributed by atoms with Crippen LogP contribution in [0.4, 0.5) is 5.69 Å². The highest BCUT2D eigenvalue weighted by atomic mass is 32.1. The summed E-state index contributed by atoms with van der Waals surface area (Å²) in [5.41, 5.74) is 2.78. The van der Waals surface area contributed by atoms with Crippen molar-refractivity contribution >= 4 is 28.8 Å². The summed E-state index contributed by atoms with van der Waals surface area (Å²) in [6.07, 6.45) is 0.710. The van der Waals surface area contributed by atoms with Gasteiger partial charge in [0.15, 0.2) is 0 Å². The van der Waals surface area contributed by atoms with E-state index in [1.54, 1.807) is 47.7 Å². The second-order valence-corrected chi connectivity index (χ2v) is 6.82. The molecule has 0 aliphatic carbocycles. The van der Waals surface area contributed by atoms with Crippen molar-refractivity contribution in [2.45, 2.75) is 13.3 Å². The number of rotatable bonds is 6. The van der Waals surface area contributed by atoms with E-state index in [1.807, 2.05) is 30.5 Å². The quantitative estimate of drug-likeness (QED) is 0.700. The molecule has 2 aromatic carbocycles. The summed E-state index contributed by atoms with van der Waals surface area (Å²) in [5, 5.41) is 8.73. The van der Waals surface area contributed by atoms with Crippen molar-refractivity contribution < 1.29 is 9.59 Å². The Morgan fingerprint density at radius 1 is 0.962 bits per heavy atom. The second kappa shape index (κ2) is 8.40. The molecule has 26 heavy (non-hydrogen) atoms. The predicted molar refractivity (Wildman–Crippen MR) is 104 cm³/mol. The number of carbonyl (C=O) groups is 2. The van der Waals surface area contributed by atoms with Crippen LogP contribution in [0.15, 0.2) is 60.0 Å². The summed E-state index contributed by atoms with van der Waals surface area (Å²) in [6, 6.07) is 15.8. The summed E-state index contributed by atoms with van der Waals surface area (Å²) in [7, 11) is 0. The molecule has 132 valence electrons. The van der Waals surface area contributed by atoms with Gasteiger partial charge in [0.1, 0.15) is 0 Å². The second-order valence-electron chi connectivity index (χ2n) is 5.76. The van der Waals surface area contributed by atoms with Gasteiger partial charge in [0.25, 0.3) is 11.8 Å². The van der Waals surface area contributed by atoms with Crippen LogP contribution in [-0.4, -0.2) is 23.3 Å². The molecule has 2 amide bonds. The normalized spacial score (nSPS) is 10.3. The minimum atomic E-state index is -0.179. The number of hydrogen-bond donors (Lipinski definition) is 2. The largest absolute Gasteiger partial charge is 0.352 e. The molecule has 0 unspecified atom stereocenters. The molecule has 0 bridgehead atoms. The minimum Gasteiger partial charge on any atom is -0.352 e. The average molecular weight is 365 g/mol. The van der Waals surface area contributed by atoms with Gasteiger partial charge in [-0.15, -0.1) is 11.3 Å². The first-order valence-corrected chi connectivity index (χ1v) is 9.15. The summed E-state index contributed by atoms with van der Waals surface area (Å²) in [4.78, 5) is 28.7. The highest BCUT2D eigenvalue weighted by molar-refractivity contribution is 7.09. The first-order chi connectivity index (χ1) is 12.6. The maximum atomic E-state index is 12.2. The lowest BCUT2D eigenvalue weighted by molar-refractivity contribution is 0.0953. The lowest BCUT2D eigenvalue weighted by Crippen LogP contribution is -2.25. The van der Waals surface area contributed by atoms with Gasteiger partial charge >= 0.3 is 0 Å². The Kier molecular flexibility index (Phi) is 5.76. The number of aromatic nitrogens is 1. The number of amides is 2. The Morgan fingerprint density at radius 2 is 1.65 bits per heavy atom. The zero-order valence-electron chi connectivity index (χ0n) is 14.4. The van der Waals surface area contributed by atoms with Crippen molar-refractivity contribution in [2.75, 3.05) is 11.9 Å². The van der Waals surface area contributed by atoms with E-state index in [1.165, 1.54) is 0 Å². The molecule has 0 saturated carbocycles. The zero-order valence-corrected chi connectivity index (χ0v) is 15.2. The molecule has 0 radical (unpaired) electrons. The van der Waals surface area contributed by atoms with E-state index in [9.17, 15) is 9.59 Å². The van der Waals surface area contributed by atoms with Gasteiger partial charge in [-0.1, -0.05) is 18.2 Å². The van der Waals surface area contributed by atoms with Crippen LogP contribution in [0.25, 0.3) is 0 Å². The van der Waals surface area contributed by atoms with Crippen molar-refractivity contribution in [1.29, 1.82) is 0 Å². The lowest BCUT2D eigenvalue weighted by atomic mass is 10.1. The Bertz CT molecular complexity index is 889. The van der Waals surface area contributed by atoms with Crippen LogP contribution in [0.3, 0.4) is 0 Å². The van der Waals surface area contributed by atoms with E-state index < -0.39 is 0 Å². The predicted octanol–water partition coefficient (Wildman–Crippen LogP) is 3.68. The van der Waals surface area contributed by atoms with Crippen LogP contribution in [0, 0.1) is 6.92 Å². The maximum Gasteiger partial charge on any atom is 0.255 e. The number of carbonyl (C=O) groups excluding carboxylic acids is 2. The van der Waals surface area contributed by atoms with Crippen molar-refractivity contribution in [1.82, 2.24) is 10.3 Å². The van der Waals surface area contributed by atoms with Gasteiger partial charge in [-0.05, 0) is 43.3 Å². The monoisotopic (exact) mass is 365 g/mol. The van der Waals surface area contributed by atoms with Crippen LogP contribution >= 0.6 is 11.3 Å². The molecule has 2 N–H and O–H groups in total. The Morgan fingerprint density at radius 3 is 2.31 bits per heavy atom. The molecular formula is C20H19N3O2S. The van der Waals surface area contributed by atoms with Gasteiger partial charge in [-0.3, -0.25) is 9.59 Å². The topological polar surface area (TPSA) is 71.1 Å². The highest BCUT2D eigenvalue weighted by Gasteiger charge is 2.08. The van der Waals surface area contributed by atoms with Gasteiger partial charge in [-0.2, -0.15) is 0 Å².